The fraction of sp³-hybridized carbons (Fsp3) is 0.533. The third-order valence-corrected chi connectivity index (χ3v) is 5.26. The number of nitrogens with zero attached hydrogens (tertiary/aromatic N) is 1. The summed E-state index contributed by atoms with van der Waals surface area (Å²) in [7, 11) is -0.799. The van der Waals surface area contributed by atoms with Gasteiger partial charge in [0.2, 0.25) is 10.0 Å². The molecule has 1 aliphatic heterocycles. The largest absolute Gasteiger partial charge is 0.495 e. The minimum absolute atomic E-state index is 0.209. The molecule has 0 saturated heterocycles. The first kappa shape index (κ1) is 19.1. The van der Waals surface area contributed by atoms with Gasteiger partial charge in [0, 0.05) is 18.7 Å². The minimum atomic E-state index is -3.54. The lowest BCUT2D eigenvalue weighted by molar-refractivity contribution is -0.112. The zero-order chi connectivity index (χ0) is 19.2. The molecule has 1 unspecified atom stereocenters. The Hall–Kier alpha value is -2.20. The Morgan fingerprint density at radius 3 is 2.48 bits per heavy atom. The molecule has 1 amide bonds. The van der Waals surface area contributed by atoms with Crippen LogP contribution in [0.2, 0.25) is 0 Å². The predicted octanol–water partition coefficient (Wildman–Crippen LogP) is 0.759. The van der Waals surface area contributed by atoms with Crippen LogP contribution in [0.25, 0.3) is 0 Å². The molecule has 0 radical (unpaired) electrons. The van der Waals surface area contributed by atoms with E-state index in [2.05, 4.69) is 0 Å². The number of rotatable bonds is 4. The van der Waals surface area contributed by atoms with Gasteiger partial charge in [-0.1, -0.05) is 0 Å². The fourth-order valence-electron chi connectivity index (χ4n) is 2.60. The average molecular weight is 374 g/mol. The maximum absolute atomic E-state index is 11.9. The van der Waals surface area contributed by atoms with Crippen LogP contribution in [0.1, 0.15) is 25.5 Å². The quantitative estimate of drug-likeness (QED) is 0.796. The number of amides is 1. The van der Waals surface area contributed by atoms with Gasteiger partial charge in [-0.2, -0.15) is 0 Å². The van der Waals surface area contributed by atoms with Crippen molar-refractivity contribution in [2.24, 2.45) is 5.73 Å². The zero-order valence-electron chi connectivity index (χ0n) is 14.6. The number of fused-ring (bicyclic) bond motifs is 1. The lowest BCUT2D eigenvalue weighted by Crippen LogP contribution is -2.50. The summed E-state index contributed by atoms with van der Waals surface area (Å²) in [5.74, 6) is 0.466. The van der Waals surface area contributed by atoms with Crippen LogP contribution in [-0.2, 0) is 14.8 Å². The van der Waals surface area contributed by atoms with E-state index in [1.54, 1.807) is 13.8 Å². The van der Waals surface area contributed by atoms with Crippen molar-refractivity contribution in [3.63, 3.8) is 0 Å². The standard InChI is InChI=1S/C15H22N2O7S/c1-15(2)13(18)12(23-14(16)19)8-6-11(22-4)9(7-10(8)24-15)17(3)25(5,20)21/h6-7,12-13,18H,1-5H3,(H2,16,19)/t12-,13?/m0/s1. The summed E-state index contributed by atoms with van der Waals surface area (Å²) in [6.45, 7) is 3.23. The number of nitrogens with two attached hydrogens (primary N) is 1. The van der Waals surface area contributed by atoms with E-state index in [0.717, 1.165) is 10.6 Å². The van der Waals surface area contributed by atoms with Crippen LogP contribution in [0.15, 0.2) is 12.1 Å². The maximum atomic E-state index is 11.9. The predicted molar refractivity (Wildman–Crippen MR) is 90.4 cm³/mol. The molecule has 140 valence electrons. The molecule has 0 aliphatic carbocycles. The van der Waals surface area contributed by atoms with Crippen molar-refractivity contribution >= 4 is 21.8 Å². The summed E-state index contributed by atoms with van der Waals surface area (Å²) in [6.07, 6.45) is -2.26. The Kier molecular flexibility index (Phi) is 4.79. The van der Waals surface area contributed by atoms with Gasteiger partial charge in [0.25, 0.3) is 0 Å². The van der Waals surface area contributed by atoms with Crippen LogP contribution in [0, 0.1) is 0 Å². The van der Waals surface area contributed by atoms with Gasteiger partial charge in [0.1, 0.15) is 23.2 Å². The van der Waals surface area contributed by atoms with Gasteiger partial charge in [0.05, 0.1) is 19.1 Å². The van der Waals surface area contributed by atoms with Crippen LogP contribution < -0.4 is 19.5 Å². The van der Waals surface area contributed by atoms with E-state index in [4.69, 9.17) is 19.9 Å². The van der Waals surface area contributed by atoms with Crippen LogP contribution in [0.5, 0.6) is 11.5 Å². The van der Waals surface area contributed by atoms with Gasteiger partial charge >= 0.3 is 6.09 Å². The summed E-state index contributed by atoms with van der Waals surface area (Å²) in [4.78, 5) is 11.2. The maximum Gasteiger partial charge on any atom is 0.405 e. The Bertz CT molecular complexity index is 791. The van der Waals surface area contributed by atoms with Gasteiger partial charge in [-0.15, -0.1) is 0 Å². The summed E-state index contributed by atoms with van der Waals surface area (Å²) >= 11 is 0. The molecule has 0 bridgehead atoms. The normalized spacial score (nSPS) is 21.7. The molecule has 9 nitrogen and oxygen atoms in total. The number of sulfonamides is 1. The number of hydrogen-bond acceptors (Lipinski definition) is 7. The Balaban J connectivity index is 2.66. The number of methoxy groups -OCH3 is 1. The van der Waals surface area contributed by atoms with E-state index in [0.29, 0.717) is 5.56 Å². The average Bonchev–Trinajstić information content (AvgIpc) is 2.48. The lowest BCUT2D eigenvalue weighted by atomic mass is 9.88. The summed E-state index contributed by atoms with van der Waals surface area (Å²) < 4.78 is 40.9. The van der Waals surface area contributed by atoms with Crippen molar-refractivity contribution < 1.29 is 32.5 Å². The van der Waals surface area contributed by atoms with E-state index in [-0.39, 0.29) is 17.2 Å². The second-order valence-electron chi connectivity index (χ2n) is 6.30. The third kappa shape index (κ3) is 3.59. The molecule has 10 heteroatoms. The van der Waals surface area contributed by atoms with Gasteiger partial charge in [-0.25, -0.2) is 13.2 Å². The Morgan fingerprint density at radius 1 is 1.40 bits per heavy atom. The third-order valence-electron chi connectivity index (χ3n) is 4.07. The first-order valence-electron chi connectivity index (χ1n) is 7.37. The SMILES string of the molecule is COc1cc2c(cc1N(C)S(C)(=O)=O)OC(C)(C)C(O)[C@H]2OC(N)=O. The number of aliphatic hydroxyl groups excluding tert-OH is 1. The second-order valence-corrected chi connectivity index (χ2v) is 8.31. The number of benzene rings is 1. The monoisotopic (exact) mass is 374 g/mol. The van der Waals surface area contributed by atoms with Crippen LogP contribution in [0.4, 0.5) is 10.5 Å². The molecule has 0 aromatic heterocycles. The zero-order valence-corrected chi connectivity index (χ0v) is 15.5. The molecule has 2 atom stereocenters. The molecule has 0 saturated carbocycles. The highest BCUT2D eigenvalue weighted by atomic mass is 32.2. The summed E-state index contributed by atoms with van der Waals surface area (Å²) in [5.41, 5.74) is 4.58. The molecule has 0 fully saturated rings. The van der Waals surface area contributed by atoms with E-state index in [1.807, 2.05) is 0 Å². The summed E-state index contributed by atoms with van der Waals surface area (Å²) in [6, 6.07) is 2.92. The molecule has 25 heavy (non-hydrogen) atoms. The van der Waals surface area contributed by atoms with Crippen molar-refractivity contribution in [3.05, 3.63) is 17.7 Å². The number of primary amides is 1. The van der Waals surface area contributed by atoms with Crippen LogP contribution in [-0.4, -0.2) is 51.7 Å². The second kappa shape index (κ2) is 6.26. The highest BCUT2D eigenvalue weighted by Crippen LogP contribution is 2.46. The highest BCUT2D eigenvalue weighted by molar-refractivity contribution is 7.92. The summed E-state index contributed by atoms with van der Waals surface area (Å²) in [5, 5.41) is 10.5. The van der Waals surface area contributed by atoms with Crippen molar-refractivity contribution in [2.75, 3.05) is 24.7 Å². The Labute approximate surface area is 146 Å². The number of carbonyl (C=O) groups excluding carboxylic acids is 1. The fourth-order valence-corrected chi connectivity index (χ4v) is 3.10. The molecule has 2 rings (SSSR count). The van der Waals surface area contributed by atoms with Crippen molar-refractivity contribution in [2.45, 2.75) is 31.7 Å². The van der Waals surface area contributed by atoms with Crippen LogP contribution in [0.3, 0.4) is 0 Å². The minimum Gasteiger partial charge on any atom is -0.495 e. The van der Waals surface area contributed by atoms with Crippen molar-refractivity contribution in [1.82, 2.24) is 0 Å². The van der Waals surface area contributed by atoms with E-state index in [9.17, 15) is 18.3 Å². The number of aliphatic hydroxyl groups is 1. The van der Waals surface area contributed by atoms with Crippen molar-refractivity contribution in [1.29, 1.82) is 0 Å². The smallest absolute Gasteiger partial charge is 0.405 e. The van der Waals surface area contributed by atoms with Crippen molar-refractivity contribution in [3.8, 4) is 11.5 Å². The number of carbonyl (C=O) groups is 1. The topological polar surface area (TPSA) is 128 Å². The molecule has 1 aromatic rings. The molecular formula is C15H22N2O7S. The van der Waals surface area contributed by atoms with E-state index >= 15 is 0 Å². The molecule has 1 heterocycles. The number of ether oxygens (including phenoxy) is 3. The number of hydrogen-bond donors (Lipinski definition) is 2. The Morgan fingerprint density at radius 2 is 2.00 bits per heavy atom. The molecule has 1 aliphatic rings. The van der Waals surface area contributed by atoms with E-state index < -0.39 is 33.9 Å². The molecule has 0 spiro atoms. The number of anilines is 1. The molecule has 1 aromatic carbocycles. The van der Waals surface area contributed by atoms with Gasteiger partial charge in [-0.3, -0.25) is 4.31 Å². The lowest BCUT2D eigenvalue weighted by Gasteiger charge is -2.41. The molecular weight excluding hydrogens is 352 g/mol. The molecule has 3 N–H and O–H groups in total. The van der Waals surface area contributed by atoms with Crippen LogP contribution >= 0.6 is 0 Å². The first-order valence-corrected chi connectivity index (χ1v) is 9.22. The highest BCUT2D eigenvalue weighted by Gasteiger charge is 2.45. The van der Waals surface area contributed by atoms with Gasteiger partial charge in [0.15, 0.2) is 6.10 Å². The van der Waals surface area contributed by atoms with E-state index in [1.165, 1.54) is 26.3 Å². The van der Waals surface area contributed by atoms with Gasteiger partial charge < -0.3 is 25.1 Å². The van der Waals surface area contributed by atoms with Gasteiger partial charge in [-0.05, 0) is 19.9 Å². The first-order chi connectivity index (χ1) is 11.4.